The molecular weight excluding hydrogens is 306 g/mol. The number of benzene rings is 1. The molecule has 0 bridgehead atoms. The molecular formula is C17H23N5O2. The fraction of sp³-hybridized carbons (Fsp3) is 0.471. The molecule has 1 saturated heterocycles. The molecule has 0 radical (unpaired) electrons. The Bertz CT molecular complexity index is 646. The first-order valence-corrected chi connectivity index (χ1v) is 8.21. The number of ether oxygens (including phenoxy) is 1. The summed E-state index contributed by atoms with van der Waals surface area (Å²) in [6.45, 7) is 5.71. The number of aromatic nitrogens is 3. The molecule has 24 heavy (non-hydrogen) atoms. The molecule has 2 aromatic rings. The maximum Gasteiger partial charge on any atom is 0.318 e. The van der Waals surface area contributed by atoms with Crippen molar-refractivity contribution >= 4 is 6.03 Å². The monoisotopic (exact) mass is 329 g/mol. The quantitative estimate of drug-likeness (QED) is 0.929. The van der Waals surface area contributed by atoms with Gasteiger partial charge in [-0.25, -0.2) is 9.78 Å². The average Bonchev–Trinajstić information content (AvgIpc) is 3.10. The molecule has 0 aliphatic carbocycles. The average molecular weight is 329 g/mol. The van der Waals surface area contributed by atoms with Gasteiger partial charge in [0.15, 0.2) is 0 Å². The Kier molecular flexibility index (Phi) is 5.10. The summed E-state index contributed by atoms with van der Waals surface area (Å²) in [6, 6.07) is 9.70. The fourth-order valence-electron chi connectivity index (χ4n) is 2.89. The van der Waals surface area contributed by atoms with Gasteiger partial charge in [0.2, 0.25) is 0 Å². The second-order valence-electron chi connectivity index (χ2n) is 6.04. The summed E-state index contributed by atoms with van der Waals surface area (Å²) >= 11 is 0. The molecule has 128 valence electrons. The normalized spacial score (nSPS) is 22.2. The van der Waals surface area contributed by atoms with E-state index in [1.54, 1.807) is 11.0 Å². The van der Waals surface area contributed by atoms with E-state index in [2.05, 4.69) is 15.4 Å². The Morgan fingerprint density at radius 1 is 1.38 bits per heavy atom. The van der Waals surface area contributed by atoms with Gasteiger partial charge in [0.25, 0.3) is 0 Å². The van der Waals surface area contributed by atoms with E-state index in [4.69, 9.17) is 4.74 Å². The van der Waals surface area contributed by atoms with Crippen molar-refractivity contribution in [1.29, 1.82) is 0 Å². The number of hydrogen-bond acceptors (Lipinski definition) is 4. The first kappa shape index (κ1) is 16.4. The Hall–Kier alpha value is -2.41. The summed E-state index contributed by atoms with van der Waals surface area (Å²) in [5, 5.41) is 7.28. The highest BCUT2D eigenvalue weighted by Gasteiger charge is 2.30. The minimum absolute atomic E-state index is 0.0370. The van der Waals surface area contributed by atoms with Crippen LogP contribution in [0, 0.1) is 0 Å². The molecule has 3 rings (SSSR count). The molecule has 2 heterocycles. The molecule has 3 atom stereocenters. The van der Waals surface area contributed by atoms with Gasteiger partial charge < -0.3 is 15.0 Å². The molecule has 1 fully saturated rings. The Morgan fingerprint density at radius 3 is 2.88 bits per heavy atom. The Balaban J connectivity index is 1.74. The second-order valence-corrected chi connectivity index (χ2v) is 6.04. The number of urea groups is 1. The third-order valence-corrected chi connectivity index (χ3v) is 4.48. The zero-order valence-corrected chi connectivity index (χ0v) is 14.0. The smallest absolute Gasteiger partial charge is 0.318 e. The van der Waals surface area contributed by atoms with Gasteiger partial charge in [-0.2, -0.15) is 5.10 Å². The standard InChI is InChI=1S/C17H23N5O2/c1-13-14(2)24-9-8-22(13)17(23)20-16(10-21-12-18-11-19-21)15-6-4-3-5-7-15/h3-7,11-14,16H,8-10H2,1-2H3,(H,20,23). The van der Waals surface area contributed by atoms with Gasteiger partial charge in [0.1, 0.15) is 12.7 Å². The van der Waals surface area contributed by atoms with Crippen LogP contribution in [0.25, 0.3) is 0 Å². The first-order valence-electron chi connectivity index (χ1n) is 8.21. The van der Waals surface area contributed by atoms with Gasteiger partial charge in [0.05, 0.1) is 31.3 Å². The van der Waals surface area contributed by atoms with E-state index in [1.807, 2.05) is 49.1 Å². The van der Waals surface area contributed by atoms with Gasteiger partial charge in [-0.15, -0.1) is 0 Å². The lowest BCUT2D eigenvalue weighted by atomic mass is 10.1. The van der Waals surface area contributed by atoms with Crippen LogP contribution in [0.5, 0.6) is 0 Å². The van der Waals surface area contributed by atoms with E-state index in [-0.39, 0.29) is 24.2 Å². The van der Waals surface area contributed by atoms with E-state index in [0.29, 0.717) is 19.7 Å². The van der Waals surface area contributed by atoms with Gasteiger partial charge in [0, 0.05) is 6.54 Å². The van der Waals surface area contributed by atoms with Crippen molar-refractivity contribution in [2.75, 3.05) is 13.2 Å². The van der Waals surface area contributed by atoms with E-state index < -0.39 is 0 Å². The number of amides is 2. The van der Waals surface area contributed by atoms with Gasteiger partial charge in [-0.05, 0) is 19.4 Å². The Labute approximate surface area is 141 Å². The van der Waals surface area contributed by atoms with E-state index >= 15 is 0 Å². The van der Waals surface area contributed by atoms with Crippen molar-refractivity contribution in [2.24, 2.45) is 0 Å². The van der Waals surface area contributed by atoms with E-state index in [0.717, 1.165) is 5.56 Å². The highest BCUT2D eigenvalue weighted by atomic mass is 16.5. The highest BCUT2D eigenvalue weighted by Crippen LogP contribution is 2.18. The maximum absolute atomic E-state index is 12.8. The first-order chi connectivity index (χ1) is 11.6. The van der Waals surface area contributed by atoms with Crippen LogP contribution >= 0.6 is 0 Å². The zero-order chi connectivity index (χ0) is 16.9. The van der Waals surface area contributed by atoms with Crippen LogP contribution in [0.4, 0.5) is 4.79 Å². The molecule has 3 unspecified atom stereocenters. The number of nitrogens with one attached hydrogen (secondary N) is 1. The number of nitrogens with zero attached hydrogens (tertiary/aromatic N) is 4. The third kappa shape index (κ3) is 3.73. The highest BCUT2D eigenvalue weighted by molar-refractivity contribution is 5.75. The summed E-state index contributed by atoms with van der Waals surface area (Å²) < 4.78 is 7.33. The molecule has 0 spiro atoms. The van der Waals surface area contributed by atoms with Crippen molar-refractivity contribution in [3.8, 4) is 0 Å². The number of carbonyl (C=O) groups excluding carboxylic acids is 1. The topological polar surface area (TPSA) is 72.3 Å². The third-order valence-electron chi connectivity index (χ3n) is 4.48. The van der Waals surface area contributed by atoms with Crippen LogP contribution < -0.4 is 5.32 Å². The Morgan fingerprint density at radius 2 is 2.17 bits per heavy atom. The number of rotatable bonds is 4. The summed E-state index contributed by atoms with van der Waals surface area (Å²) in [5.74, 6) is 0. The second kappa shape index (κ2) is 7.44. The lowest BCUT2D eigenvalue weighted by Crippen LogP contribution is -2.55. The summed E-state index contributed by atoms with van der Waals surface area (Å²) in [5.41, 5.74) is 1.04. The van der Waals surface area contributed by atoms with Crippen LogP contribution in [0.3, 0.4) is 0 Å². The summed E-state index contributed by atoms with van der Waals surface area (Å²) in [7, 11) is 0. The fourth-order valence-corrected chi connectivity index (χ4v) is 2.89. The maximum atomic E-state index is 12.8. The van der Waals surface area contributed by atoms with E-state index in [1.165, 1.54) is 6.33 Å². The summed E-state index contributed by atoms with van der Waals surface area (Å²) in [4.78, 5) is 18.6. The lowest BCUT2D eigenvalue weighted by Gasteiger charge is -2.38. The van der Waals surface area contributed by atoms with Crippen LogP contribution in [0.15, 0.2) is 43.0 Å². The van der Waals surface area contributed by atoms with Crippen LogP contribution in [-0.4, -0.2) is 51.0 Å². The number of morpholine rings is 1. The number of carbonyl (C=O) groups is 1. The van der Waals surface area contributed by atoms with Crippen molar-refractivity contribution in [3.63, 3.8) is 0 Å². The molecule has 1 aliphatic heterocycles. The molecule has 0 saturated carbocycles. The van der Waals surface area contributed by atoms with Crippen LogP contribution in [-0.2, 0) is 11.3 Å². The molecule has 1 N–H and O–H groups in total. The van der Waals surface area contributed by atoms with E-state index in [9.17, 15) is 4.79 Å². The van der Waals surface area contributed by atoms with Crippen molar-refractivity contribution < 1.29 is 9.53 Å². The molecule has 1 aliphatic rings. The predicted octanol–water partition coefficient (Wildman–Crippen LogP) is 1.84. The van der Waals surface area contributed by atoms with Gasteiger partial charge >= 0.3 is 6.03 Å². The van der Waals surface area contributed by atoms with Crippen molar-refractivity contribution in [2.45, 2.75) is 38.6 Å². The molecule has 7 nitrogen and oxygen atoms in total. The predicted molar refractivity (Wildman–Crippen MR) is 89.3 cm³/mol. The minimum atomic E-state index is -0.175. The van der Waals surface area contributed by atoms with Crippen LogP contribution in [0.1, 0.15) is 25.5 Å². The minimum Gasteiger partial charge on any atom is -0.375 e. The van der Waals surface area contributed by atoms with Gasteiger partial charge in [-0.1, -0.05) is 30.3 Å². The summed E-state index contributed by atoms with van der Waals surface area (Å²) in [6.07, 6.45) is 3.19. The number of hydrogen-bond donors (Lipinski definition) is 1. The SMILES string of the molecule is CC1OCCN(C(=O)NC(Cn2cncn2)c2ccccc2)C1C. The molecule has 1 aromatic carbocycles. The van der Waals surface area contributed by atoms with Gasteiger partial charge in [-0.3, -0.25) is 4.68 Å². The molecule has 7 heteroatoms. The lowest BCUT2D eigenvalue weighted by molar-refractivity contribution is -0.0380. The van der Waals surface area contributed by atoms with Crippen molar-refractivity contribution in [1.82, 2.24) is 25.0 Å². The largest absolute Gasteiger partial charge is 0.375 e. The zero-order valence-electron chi connectivity index (χ0n) is 14.0. The molecule has 1 aromatic heterocycles. The van der Waals surface area contributed by atoms with Crippen LogP contribution in [0.2, 0.25) is 0 Å². The van der Waals surface area contributed by atoms with Crippen molar-refractivity contribution in [3.05, 3.63) is 48.5 Å². The molecule has 2 amide bonds.